The third kappa shape index (κ3) is 3.38. The first kappa shape index (κ1) is 15.7. The minimum atomic E-state index is 0.396. The fraction of sp³-hybridized carbons (Fsp3) is 0.368. The summed E-state index contributed by atoms with van der Waals surface area (Å²) in [5, 5.41) is 12.7. The van der Waals surface area contributed by atoms with Gasteiger partial charge in [0, 0.05) is 18.7 Å². The van der Waals surface area contributed by atoms with Gasteiger partial charge in [0.2, 0.25) is 5.82 Å². The summed E-state index contributed by atoms with van der Waals surface area (Å²) in [6, 6.07) is 11.9. The molecule has 3 heterocycles. The second-order valence-electron chi connectivity index (χ2n) is 6.42. The summed E-state index contributed by atoms with van der Waals surface area (Å²) in [7, 11) is 0. The molecule has 2 aromatic heterocycles. The first-order valence-corrected chi connectivity index (χ1v) is 8.80. The molecule has 0 atom stereocenters. The third-order valence-electron chi connectivity index (χ3n) is 4.61. The van der Waals surface area contributed by atoms with Crippen molar-refractivity contribution >= 4 is 5.82 Å². The van der Waals surface area contributed by atoms with E-state index in [2.05, 4.69) is 25.2 Å². The number of benzene rings is 1. The summed E-state index contributed by atoms with van der Waals surface area (Å²) in [6.07, 6.45) is 5.02. The van der Waals surface area contributed by atoms with E-state index in [9.17, 15) is 0 Å². The van der Waals surface area contributed by atoms with Crippen molar-refractivity contribution in [2.75, 3.05) is 18.0 Å². The van der Waals surface area contributed by atoms with Crippen LogP contribution in [0.25, 0.3) is 23.0 Å². The van der Waals surface area contributed by atoms with Gasteiger partial charge < -0.3 is 9.42 Å². The number of rotatable bonds is 3. The Labute approximate surface area is 146 Å². The Kier molecular flexibility index (Phi) is 4.41. The highest BCUT2D eigenvalue weighted by Gasteiger charge is 2.15. The highest BCUT2D eigenvalue weighted by Crippen LogP contribution is 2.24. The van der Waals surface area contributed by atoms with Crippen molar-refractivity contribution < 1.29 is 4.52 Å². The molecule has 128 valence electrons. The molecule has 3 aromatic rings. The fourth-order valence-electron chi connectivity index (χ4n) is 3.17. The number of anilines is 1. The Hall–Kier alpha value is -2.76. The van der Waals surface area contributed by atoms with Crippen LogP contribution in [-0.2, 0) is 0 Å². The number of hydrogen-bond acceptors (Lipinski definition) is 6. The molecule has 0 spiro atoms. The zero-order valence-corrected chi connectivity index (χ0v) is 14.4. The summed E-state index contributed by atoms with van der Waals surface area (Å²) in [5.74, 6) is 1.89. The monoisotopic (exact) mass is 335 g/mol. The molecule has 1 fully saturated rings. The topological polar surface area (TPSA) is 67.9 Å². The molecule has 1 aromatic carbocycles. The lowest BCUT2D eigenvalue weighted by molar-refractivity contribution is 0.430. The summed E-state index contributed by atoms with van der Waals surface area (Å²) in [6.45, 7) is 4.12. The van der Waals surface area contributed by atoms with Crippen LogP contribution >= 0.6 is 0 Å². The van der Waals surface area contributed by atoms with Crippen molar-refractivity contribution in [3.8, 4) is 23.0 Å². The molecule has 6 nitrogen and oxygen atoms in total. The average molecular weight is 335 g/mol. The summed E-state index contributed by atoms with van der Waals surface area (Å²) < 4.78 is 5.39. The first-order valence-electron chi connectivity index (χ1n) is 8.80. The van der Waals surface area contributed by atoms with Gasteiger partial charge in [-0.2, -0.15) is 4.98 Å². The SMILES string of the molecule is Cc1ccccc1-c1noc(-c2ccc(N3CCCCCC3)nn2)n1. The largest absolute Gasteiger partial charge is 0.355 e. The normalized spacial score (nSPS) is 15.2. The van der Waals surface area contributed by atoms with Crippen molar-refractivity contribution in [1.82, 2.24) is 20.3 Å². The molecule has 0 N–H and O–H groups in total. The van der Waals surface area contributed by atoms with Crippen molar-refractivity contribution in [2.24, 2.45) is 0 Å². The molecule has 0 radical (unpaired) electrons. The summed E-state index contributed by atoms with van der Waals surface area (Å²) in [5.41, 5.74) is 2.68. The molecule has 25 heavy (non-hydrogen) atoms. The van der Waals surface area contributed by atoms with E-state index in [-0.39, 0.29) is 0 Å². The van der Waals surface area contributed by atoms with Crippen LogP contribution in [0.15, 0.2) is 40.9 Å². The van der Waals surface area contributed by atoms with Gasteiger partial charge in [0.05, 0.1) is 0 Å². The molecule has 4 rings (SSSR count). The van der Waals surface area contributed by atoms with Crippen molar-refractivity contribution in [3.05, 3.63) is 42.0 Å². The lowest BCUT2D eigenvalue weighted by atomic mass is 10.1. The molecule has 0 unspecified atom stereocenters. The first-order chi connectivity index (χ1) is 12.3. The van der Waals surface area contributed by atoms with Crippen LogP contribution in [0.3, 0.4) is 0 Å². The van der Waals surface area contributed by atoms with E-state index in [1.807, 2.05) is 43.3 Å². The summed E-state index contributed by atoms with van der Waals surface area (Å²) in [4.78, 5) is 6.78. The highest BCUT2D eigenvalue weighted by molar-refractivity contribution is 5.61. The van der Waals surface area contributed by atoms with E-state index in [1.165, 1.54) is 25.7 Å². The standard InChI is InChI=1S/C19H21N5O/c1-14-8-4-5-9-15(14)18-20-19(25-23-18)16-10-11-17(22-21-16)24-12-6-2-3-7-13-24/h4-5,8-11H,2-3,6-7,12-13H2,1H3. The van der Waals surface area contributed by atoms with Gasteiger partial charge in [0.25, 0.3) is 5.89 Å². The minimum Gasteiger partial charge on any atom is -0.355 e. The zero-order chi connectivity index (χ0) is 17.1. The van der Waals surface area contributed by atoms with Gasteiger partial charge in [-0.05, 0) is 37.5 Å². The summed E-state index contributed by atoms with van der Waals surface area (Å²) >= 11 is 0. The highest BCUT2D eigenvalue weighted by atomic mass is 16.5. The molecule has 1 saturated heterocycles. The van der Waals surface area contributed by atoms with Crippen molar-refractivity contribution in [2.45, 2.75) is 32.6 Å². The molecule has 1 aliphatic rings. The Morgan fingerprint density at radius 1 is 0.920 bits per heavy atom. The Morgan fingerprint density at radius 3 is 2.44 bits per heavy atom. The van der Waals surface area contributed by atoms with E-state index in [0.717, 1.165) is 30.0 Å². The molecule has 0 bridgehead atoms. The van der Waals surface area contributed by atoms with Crippen LogP contribution in [0.4, 0.5) is 5.82 Å². The lowest BCUT2D eigenvalue weighted by Crippen LogP contribution is -2.25. The molecule has 1 aliphatic heterocycles. The fourth-order valence-corrected chi connectivity index (χ4v) is 3.17. The van der Waals surface area contributed by atoms with Gasteiger partial charge in [0.1, 0.15) is 0 Å². The van der Waals surface area contributed by atoms with E-state index in [1.54, 1.807) is 0 Å². The number of hydrogen-bond donors (Lipinski definition) is 0. The Morgan fingerprint density at radius 2 is 1.72 bits per heavy atom. The maximum Gasteiger partial charge on any atom is 0.278 e. The predicted molar refractivity (Wildman–Crippen MR) is 96.2 cm³/mol. The maximum atomic E-state index is 5.39. The van der Waals surface area contributed by atoms with Crippen LogP contribution in [-0.4, -0.2) is 33.4 Å². The molecular formula is C19H21N5O. The van der Waals surface area contributed by atoms with Gasteiger partial charge in [-0.1, -0.05) is 42.3 Å². The minimum absolute atomic E-state index is 0.396. The quantitative estimate of drug-likeness (QED) is 0.723. The van der Waals surface area contributed by atoms with E-state index < -0.39 is 0 Å². The third-order valence-corrected chi connectivity index (χ3v) is 4.61. The molecule has 0 amide bonds. The molecular weight excluding hydrogens is 314 g/mol. The van der Waals surface area contributed by atoms with Crippen LogP contribution in [0.2, 0.25) is 0 Å². The number of nitrogens with zero attached hydrogens (tertiary/aromatic N) is 5. The van der Waals surface area contributed by atoms with Gasteiger partial charge in [-0.25, -0.2) is 0 Å². The van der Waals surface area contributed by atoms with Crippen LogP contribution in [0, 0.1) is 6.92 Å². The van der Waals surface area contributed by atoms with Gasteiger partial charge in [0.15, 0.2) is 11.5 Å². The smallest absolute Gasteiger partial charge is 0.278 e. The van der Waals surface area contributed by atoms with E-state index >= 15 is 0 Å². The lowest BCUT2D eigenvalue weighted by Gasteiger charge is -2.20. The molecule has 0 aliphatic carbocycles. The maximum absolute atomic E-state index is 5.39. The van der Waals surface area contributed by atoms with Crippen molar-refractivity contribution in [3.63, 3.8) is 0 Å². The van der Waals surface area contributed by atoms with Gasteiger partial charge in [-0.15, -0.1) is 10.2 Å². The second-order valence-corrected chi connectivity index (χ2v) is 6.42. The van der Waals surface area contributed by atoms with Crippen LogP contribution < -0.4 is 4.90 Å². The molecule has 0 saturated carbocycles. The second kappa shape index (κ2) is 7.01. The van der Waals surface area contributed by atoms with Crippen molar-refractivity contribution in [1.29, 1.82) is 0 Å². The zero-order valence-electron chi connectivity index (χ0n) is 14.4. The van der Waals surface area contributed by atoms with Crippen LogP contribution in [0.5, 0.6) is 0 Å². The Balaban J connectivity index is 1.55. The molecule has 6 heteroatoms. The predicted octanol–water partition coefficient (Wildman–Crippen LogP) is 3.88. The van der Waals surface area contributed by atoms with E-state index in [4.69, 9.17) is 4.52 Å². The van der Waals surface area contributed by atoms with Gasteiger partial charge in [-0.3, -0.25) is 0 Å². The number of aromatic nitrogens is 4. The Bertz CT molecular complexity index is 835. The van der Waals surface area contributed by atoms with Crippen LogP contribution in [0.1, 0.15) is 31.2 Å². The number of aryl methyl sites for hydroxylation is 1. The average Bonchev–Trinajstić information content (AvgIpc) is 2.97. The van der Waals surface area contributed by atoms with E-state index in [0.29, 0.717) is 17.4 Å². The van der Waals surface area contributed by atoms with Gasteiger partial charge >= 0.3 is 0 Å².